The molecule has 3 saturated heterocycles. The van der Waals surface area contributed by atoms with Crippen molar-refractivity contribution in [3.8, 4) is 17.6 Å². The highest BCUT2D eigenvalue weighted by atomic mass is 35.5. The Bertz CT molecular complexity index is 2960. The average molecular weight is 1110 g/mol. The summed E-state index contributed by atoms with van der Waals surface area (Å²) in [7, 11) is -4.67. The average Bonchev–Trinajstić information content (AvgIpc) is 4.16. The van der Waals surface area contributed by atoms with Crippen LogP contribution in [0, 0.1) is 39.7 Å². The van der Waals surface area contributed by atoms with Gasteiger partial charge < -0.3 is 35.1 Å². The zero-order valence-corrected chi connectivity index (χ0v) is 44.3. The van der Waals surface area contributed by atoms with E-state index < -0.39 is 22.1 Å². The van der Waals surface area contributed by atoms with E-state index in [9.17, 15) is 9.18 Å². The van der Waals surface area contributed by atoms with Crippen molar-refractivity contribution in [2.24, 2.45) is 5.73 Å². The summed E-state index contributed by atoms with van der Waals surface area (Å²) in [6.07, 6.45) is 8.69. The highest BCUT2D eigenvalue weighted by Crippen LogP contribution is 2.34. The molecule has 0 spiro atoms. The minimum absolute atomic E-state index is 0. The molecule has 392 valence electrons. The molecule has 74 heavy (non-hydrogen) atoms. The molecule has 0 saturated carbocycles. The number of hydrogen-bond acceptors (Lipinski definition) is 12. The van der Waals surface area contributed by atoms with Crippen LogP contribution in [0.1, 0.15) is 46.3 Å². The molecule has 0 bridgehead atoms. The van der Waals surface area contributed by atoms with Gasteiger partial charge in [-0.1, -0.05) is 53.0 Å². The van der Waals surface area contributed by atoms with E-state index >= 15 is 0 Å². The number of primary amides is 1. The van der Waals surface area contributed by atoms with Crippen molar-refractivity contribution in [3.63, 3.8) is 0 Å². The number of anilines is 2. The molecular weight excluding hydrogens is 1060 g/mol. The number of nitrogens with zero attached hydrogens (tertiary/aromatic N) is 7. The van der Waals surface area contributed by atoms with Gasteiger partial charge in [-0.15, -0.1) is 12.4 Å². The van der Waals surface area contributed by atoms with E-state index in [1.807, 2.05) is 81.6 Å². The topological polar surface area (TPSA) is 211 Å². The highest BCUT2D eigenvalue weighted by molar-refractivity contribution is 7.79. The number of benzene rings is 3. The standard InChI is InChI=1S/C17H18ClN3O2.C17H16ClN3O.C10H14N2O.C7H3ClFN.ClH.H2O4S/c1-11-2-5-16(20-9-11)23-13-6-7-21(10-13)15-4-3-12(18)8-14(15)17(19)22;1-12-3-6-17(20-10-12)22-14-7-8-21(11-14)16-5-4-13(18)9-15(16)19-2;1-8-2-3-10(12-6-8)13-9-4-5-11-7-9;1-10-7-4-5(8)2-3-6(7)9;;1-5(2,3)4/h2-5,8-9,13H,6-7,10H2,1H3,(H2,19,22);3-6,9-10,14H,7-8,11H2,1H3;2-3,6,9,11H,4-5,7H2,1H3;2-4H;1H;(H2,1,2,3,4)/t13-;14-;9-;;;/m000.../s1. The van der Waals surface area contributed by atoms with Crippen molar-refractivity contribution < 1.29 is 40.9 Å². The maximum atomic E-state index is 12.5. The fourth-order valence-electron chi connectivity index (χ4n) is 7.31. The number of carbonyl (C=O) groups is 1. The number of aromatic nitrogens is 3. The first-order chi connectivity index (χ1) is 34.8. The van der Waals surface area contributed by atoms with E-state index in [0.29, 0.717) is 50.7 Å². The van der Waals surface area contributed by atoms with E-state index in [-0.39, 0.29) is 30.3 Å². The van der Waals surface area contributed by atoms with Crippen LogP contribution in [0.15, 0.2) is 110 Å². The molecule has 6 heterocycles. The van der Waals surface area contributed by atoms with Crippen LogP contribution in [-0.2, 0) is 10.4 Å². The summed E-state index contributed by atoms with van der Waals surface area (Å²) in [6, 6.07) is 26.2. The molecule has 9 rings (SSSR count). The van der Waals surface area contributed by atoms with E-state index in [1.165, 1.54) is 18.2 Å². The van der Waals surface area contributed by atoms with Crippen LogP contribution in [-0.4, -0.2) is 96.0 Å². The number of pyridine rings is 3. The summed E-state index contributed by atoms with van der Waals surface area (Å²) >= 11 is 17.4. The molecule has 0 unspecified atom stereocenters. The fourth-order valence-corrected chi connectivity index (χ4v) is 7.81. The van der Waals surface area contributed by atoms with Crippen LogP contribution >= 0.6 is 47.2 Å². The van der Waals surface area contributed by atoms with Crippen LogP contribution in [0.5, 0.6) is 17.6 Å². The van der Waals surface area contributed by atoms with Gasteiger partial charge in [0.05, 0.1) is 31.8 Å². The molecule has 3 aliphatic heterocycles. The minimum Gasteiger partial charge on any atom is -0.473 e. The van der Waals surface area contributed by atoms with Crippen LogP contribution < -0.4 is 35.1 Å². The van der Waals surface area contributed by atoms with Crippen LogP contribution in [0.25, 0.3) is 9.69 Å². The maximum Gasteiger partial charge on any atom is 0.394 e. The molecule has 17 nitrogen and oxygen atoms in total. The number of carbonyl (C=O) groups excluding carboxylic acids is 1. The van der Waals surface area contributed by atoms with Gasteiger partial charge in [0.25, 0.3) is 5.91 Å². The summed E-state index contributed by atoms with van der Waals surface area (Å²) in [5, 5.41) is 4.72. The smallest absolute Gasteiger partial charge is 0.394 e. The molecule has 3 fully saturated rings. The second kappa shape index (κ2) is 29.4. The van der Waals surface area contributed by atoms with Crippen molar-refractivity contribution in [1.29, 1.82) is 0 Å². The van der Waals surface area contributed by atoms with Crippen molar-refractivity contribution in [2.45, 2.75) is 58.3 Å². The van der Waals surface area contributed by atoms with E-state index in [1.54, 1.807) is 30.6 Å². The Morgan fingerprint density at radius 3 is 1.50 bits per heavy atom. The van der Waals surface area contributed by atoms with Gasteiger partial charge in [0.2, 0.25) is 29.0 Å². The SMILES string of the molecule is Cc1ccc(O[C@H]2CCN(c3ccc(Cl)cc3C(N)=O)C2)nc1.Cc1ccc(O[C@H]2CCNC2)nc1.Cl.O=S(=O)(O)O.[C-]#[N+]c1cc(Cl)ccc1F.[C-]#[N+]c1cc(Cl)ccc1N1CC[C@H](Oc2ccc(C)cn2)C1. The van der Waals surface area contributed by atoms with Crippen LogP contribution in [0.2, 0.25) is 15.1 Å². The molecule has 23 heteroatoms. The van der Waals surface area contributed by atoms with Crippen LogP contribution in [0.3, 0.4) is 0 Å². The number of ether oxygens (including phenoxy) is 3. The van der Waals surface area contributed by atoms with Gasteiger partial charge in [-0.2, -0.15) is 8.42 Å². The number of nitrogens with two attached hydrogens (primary N) is 1. The van der Waals surface area contributed by atoms with Gasteiger partial charge in [0, 0.05) is 95.7 Å². The first kappa shape index (κ1) is 60.0. The fraction of sp³-hybridized carbons (Fsp3) is 0.294. The van der Waals surface area contributed by atoms with Gasteiger partial charge in [-0.05, 0) is 105 Å². The molecule has 0 radical (unpaired) electrons. The molecular formula is C51H54Cl4FN9O8S. The lowest BCUT2D eigenvalue weighted by Crippen LogP contribution is -2.27. The molecule has 3 aromatic carbocycles. The second-order valence-corrected chi connectivity index (χ2v) is 18.8. The Hall–Kier alpha value is -6.52. The van der Waals surface area contributed by atoms with E-state index in [4.69, 9.17) is 85.4 Å². The lowest BCUT2D eigenvalue weighted by molar-refractivity contribution is 0.100. The first-order valence-corrected chi connectivity index (χ1v) is 25.1. The summed E-state index contributed by atoms with van der Waals surface area (Å²) in [5.74, 6) is 0.999. The Morgan fingerprint density at radius 1 is 0.676 bits per heavy atom. The van der Waals surface area contributed by atoms with Crippen molar-refractivity contribution in [2.75, 3.05) is 49.1 Å². The number of halogens is 5. The Labute approximate surface area is 451 Å². The summed E-state index contributed by atoms with van der Waals surface area (Å²) in [6.45, 7) is 24.9. The third-order valence-electron chi connectivity index (χ3n) is 10.8. The summed E-state index contributed by atoms with van der Waals surface area (Å²) in [5.41, 5.74) is 11.5. The number of rotatable bonds is 9. The third kappa shape index (κ3) is 20.4. The minimum atomic E-state index is -4.67. The zero-order chi connectivity index (χ0) is 53.1. The Balaban J connectivity index is 0.000000215. The molecule has 5 N–H and O–H groups in total. The Kier molecular flexibility index (Phi) is 23.8. The van der Waals surface area contributed by atoms with Gasteiger partial charge in [0.1, 0.15) is 24.1 Å². The van der Waals surface area contributed by atoms with Gasteiger partial charge in [-0.3, -0.25) is 13.9 Å². The molecule has 3 aromatic heterocycles. The lowest BCUT2D eigenvalue weighted by atomic mass is 10.1. The maximum absolute atomic E-state index is 12.5. The predicted octanol–water partition coefficient (Wildman–Crippen LogP) is 11.0. The Morgan fingerprint density at radius 2 is 1.09 bits per heavy atom. The van der Waals surface area contributed by atoms with Crippen molar-refractivity contribution >= 4 is 86.3 Å². The normalized spacial score (nSPS) is 16.3. The van der Waals surface area contributed by atoms with Gasteiger partial charge >= 0.3 is 10.4 Å². The number of hydrogen-bond donors (Lipinski definition) is 4. The first-order valence-electron chi connectivity index (χ1n) is 22.5. The monoisotopic (exact) mass is 1110 g/mol. The van der Waals surface area contributed by atoms with Crippen molar-refractivity contribution in [1.82, 2.24) is 20.3 Å². The number of aryl methyl sites for hydroxylation is 3. The number of amides is 1. The third-order valence-corrected chi connectivity index (χ3v) is 11.5. The second-order valence-electron chi connectivity index (χ2n) is 16.6. The largest absolute Gasteiger partial charge is 0.473 e. The van der Waals surface area contributed by atoms with Gasteiger partial charge in [0.15, 0.2) is 0 Å². The quantitative estimate of drug-likeness (QED) is 0.0784. The van der Waals surface area contributed by atoms with Crippen molar-refractivity contribution in [3.05, 3.63) is 176 Å². The highest BCUT2D eigenvalue weighted by Gasteiger charge is 2.28. The molecule has 6 aromatic rings. The lowest BCUT2D eigenvalue weighted by Gasteiger charge is -2.21. The number of nitrogens with one attached hydrogen (secondary N) is 1. The molecule has 3 atom stereocenters. The molecule has 1 amide bonds. The van der Waals surface area contributed by atoms with Gasteiger partial charge in [-0.25, -0.2) is 29.0 Å². The van der Waals surface area contributed by atoms with E-state index in [0.717, 1.165) is 85.9 Å². The van der Waals surface area contributed by atoms with E-state index in [2.05, 4.69) is 39.8 Å². The summed E-state index contributed by atoms with van der Waals surface area (Å²) in [4.78, 5) is 35.1. The molecule has 3 aliphatic rings. The van der Waals surface area contributed by atoms with Crippen LogP contribution in [0.4, 0.5) is 27.1 Å². The summed E-state index contributed by atoms with van der Waals surface area (Å²) < 4.78 is 61.6. The molecule has 0 aliphatic carbocycles. The predicted molar refractivity (Wildman–Crippen MR) is 288 cm³/mol. The zero-order valence-electron chi connectivity index (χ0n) is 40.4.